The highest BCUT2D eigenvalue weighted by Gasteiger charge is 2.12. The molecular formula is C21H17ClN4O. The molecule has 0 saturated carbocycles. The van der Waals surface area contributed by atoms with Crippen molar-refractivity contribution in [2.75, 3.05) is 10.6 Å². The van der Waals surface area contributed by atoms with Crippen LogP contribution in [0.2, 0.25) is 5.02 Å². The molecule has 0 spiro atoms. The lowest BCUT2D eigenvalue weighted by Crippen LogP contribution is -2.14. The van der Waals surface area contributed by atoms with Crippen LogP contribution in [0.1, 0.15) is 27.0 Å². The molecule has 6 heteroatoms. The van der Waals surface area contributed by atoms with Crippen LogP contribution in [0.3, 0.4) is 0 Å². The Kier molecular flexibility index (Phi) is 5.39. The van der Waals surface area contributed by atoms with Crippen LogP contribution in [0.5, 0.6) is 0 Å². The first kappa shape index (κ1) is 18.4. The van der Waals surface area contributed by atoms with E-state index in [0.717, 1.165) is 16.8 Å². The van der Waals surface area contributed by atoms with Crippen molar-refractivity contribution < 1.29 is 4.79 Å². The van der Waals surface area contributed by atoms with Gasteiger partial charge in [0.1, 0.15) is 0 Å². The van der Waals surface area contributed by atoms with Gasteiger partial charge in [0.2, 0.25) is 0 Å². The first-order valence-corrected chi connectivity index (χ1v) is 8.64. The Morgan fingerprint density at radius 3 is 2.48 bits per heavy atom. The number of benzene rings is 2. The van der Waals surface area contributed by atoms with Gasteiger partial charge in [-0.1, -0.05) is 17.7 Å². The van der Waals surface area contributed by atoms with Gasteiger partial charge in [0, 0.05) is 11.9 Å². The SMILES string of the molecule is Cc1cc(C)c(NC(=O)c2cncc(Nc3ccc(C#N)cc3)c2)c(Cl)c1. The van der Waals surface area contributed by atoms with Gasteiger partial charge in [0.15, 0.2) is 0 Å². The molecule has 5 nitrogen and oxygen atoms in total. The molecule has 134 valence electrons. The maximum Gasteiger partial charge on any atom is 0.257 e. The molecule has 0 saturated heterocycles. The predicted octanol–water partition coefficient (Wildman–Crippen LogP) is 5.22. The number of rotatable bonds is 4. The average Bonchev–Trinajstić information content (AvgIpc) is 2.65. The number of halogens is 1. The number of carbonyl (C=O) groups excluding carboxylic acids is 1. The number of nitrogens with one attached hydrogen (secondary N) is 2. The van der Waals surface area contributed by atoms with Crippen LogP contribution in [-0.2, 0) is 0 Å². The van der Waals surface area contributed by atoms with Crippen LogP contribution in [0, 0.1) is 25.2 Å². The van der Waals surface area contributed by atoms with Crippen LogP contribution in [0.25, 0.3) is 0 Å². The van der Waals surface area contributed by atoms with Gasteiger partial charge in [-0.25, -0.2) is 0 Å². The fraction of sp³-hybridized carbons (Fsp3) is 0.0952. The average molecular weight is 377 g/mol. The van der Waals surface area contributed by atoms with Gasteiger partial charge >= 0.3 is 0 Å². The van der Waals surface area contributed by atoms with E-state index < -0.39 is 0 Å². The molecule has 0 aliphatic carbocycles. The summed E-state index contributed by atoms with van der Waals surface area (Å²) < 4.78 is 0. The first-order valence-electron chi connectivity index (χ1n) is 8.26. The van der Waals surface area contributed by atoms with E-state index in [-0.39, 0.29) is 5.91 Å². The van der Waals surface area contributed by atoms with E-state index in [1.165, 1.54) is 6.20 Å². The summed E-state index contributed by atoms with van der Waals surface area (Å²) in [6.07, 6.45) is 3.12. The Morgan fingerprint density at radius 2 is 1.81 bits per heavy atom. The lowest BCUT2D eigenvalue weighted by Gasteiger charge is -2.12. The van der Waals surface area contributed by atoms with E-state index in [2.05, 4.69) is 21.7 Å². The molecule has 0 radical (unpaired) electrons. The van der Waals surface area contributed by atoms with Crippen molar-refractivity contribution in [3.05, 3.63) is 82.1 Å². The predicted molar refractivity (Wildman–Crippen MR) is 108 cm³/mol. The Morgan fingerprint density at radius 1 is 1.07 bits per heavy atom. The summed E-state index contributed by atoms with van der Waals surface area (Å²) in [5.41, 5.74) is 4.98. The zero-order valence-corrected chi connectivity index (χ0v) is 15.6. The van der Waals surface area contributed by atoms with Crippen molar-refractivity contribution >= 4 is 34.6 Å². The summed E-state index contributed by atoms with van der Waals surface area (Å²) >= 11 is 6.26. The number of hydrogen-bond donors (Lipinski definition) is 2. The number of aromatic nitrogens is 1. The van der Waals surface area contributed by atoms with Gasteiger partial charge in [0.25, 0.3) is 5.91 Å². The van der Waals surface area contributed by atoms with Crippen LogP contribution >= 0.6 is 11.6 Å². The molecule has 1 amide bonds. The lowest BCUT2D eigenvalue weighted by atomic mass is 10.1. The highest BCUT2D eigenvalue weighted by atomic mass is 35.5. The molecule has 1 heterocycles. The topological polar surface area (TPSA) is 77.8 Å². The van der Waals surface area contributed by atoms with E-state index >= 15 is 0 Å². The summed E-state index contributed by atoms with van der Waals surface area (Å²) in [4.78, 5) is 16.7. The number of amides is 1. The molecule has 3 aromatic rings. The standard InChI is InChI=1S/C21H17ClN4O/c1-13-7-14(2)20(19(22)8-13)26-21(27)16-9-18(12-24-11-16)25-17-5-3-15(10-23)4-6-17/h3-9,11-12,25H,1-2H3,(H,26,27). The lowest BCUT2D eigenvalue weighted by molar-refractivity contribution is 0.102. The fourth-order valence-electron chi connectivity index (χ4n) is 2.69. The molecule has 0 aliphatic heterocycles. The molecule has 0 bridgehead atoms. The van der Waals surface area contributed by atoms with Crippen LogP contribution in [0.15, 0.2) is 54.9 Å². The van der Waals surface area contributed by atoms with E-state index in [9.17, 15) is 4.79 Å². The molecule has 3 rings (SSSR count). The third-order valence-electron chi connectivity index (χ3n) is 3.97. The van der Waals surface area contributed by atoms with Crippen molar-refractivity contribution in [1.29, 1.82) is 5.26 Å². The summed E-state index contributed by atoms with van der Waals surface area (Å²) in [5.74, 6) is -0.292. The Balaban J connectivity index is 1.78. The Labute approximate surface area is 162 Å². The minimum absolute atomic E-state index is 0.292. The van der Waals surface area contributed by atoms with E-state index in [4.69, 9.17) is 16.9 Å². The molecule has 2 N–H and O–H groups in total. The number of nitriles is 1. The number of nitrogens with zero attached hydrogens (tertiary/aromatic N) is 2. The second-order valence-corrected chi connectivity index (χ2v) is 6.58. The van der Waals surface area contributed by atoms with Crippen LogP contribution in [0.4, 0.5) is 17.1 Å². The van der Waals surface area contributed by atoms with Gasteiger partial charge in [0.05, 0.1) is 39.8 Å². The van der Waals surface area contributed by atoms with Gasteiger partial charge < -0.3 is 10.6 Å². The minimum atomic E-state index is -0.292. The van der Waals surface area contributed by atoms with Gasteiger partial charge in [-0.15, -0.1) is 0 Å². The molecular weight excluding hydrogens is 360 g/mol. The first-order chi connectivity index (χ1) is 13.0. The maximum absolute atomic E-state index is 12.6. The molecule has 0 atom stereocenters. The zero-order valence-electron chi connectivity index (χ0n) is 14.9. The summed E-state index contributed by atoms with van der Waals surface area (Å²) in [5, 5.41) is 15.4. The third kappa shape index (κ3) is 4.43. The summed E-state index contributed by atoms with van der Waals surface area (Å²) in [6, 6.07) is 14.6. The normalized spacial score (nSPS) is 10.1. The Bertz CT molecular complexity index is 1020. The minimum Gasteiger partial charge on any atom is -0.354 e. The number of anilines is 3. The largest absolute Gasteiger partial charge is 0.354 e. The van der Waals surface area contributed by atoms with Crippen molar-refractivity contribution in [2.45, 2.75) is 13.8 Å². The summed E-state index contributed by atoms with van der Waals surface area (Å²) in [7, 11) is 0. The number of pyridine rings is 1. The zero-order chi connectivity index (χ0) is 19.4. The molecule has 27 heavy (non-hydrogen) atoms. The highest BCUT2D eigenvalue weighted by molar-refractivity contribution is 6.34. The van der Waals surface area contributed by atoms with Crippen LogP contribution < -0.4 is 10.6 Å². The molecule has 0 aliphatic rings. The van der Waals surface area contributed by atoms with E-state index in [0.29, 0.717) is 27.5 Å². The smallest absolute Gasteiger partial charge is 0.257 e. The van der Waals surface area contributed by atoms with Gasteiger partial charge in [-0.2, -0.15) is 5.26 Å². The quantitative estimate of drug-likeness (QED) is 0.654. The molecule has 0 unspecified atom stereocenters. The number of carbonyl (C=O) groups is 1. The van der Waals surface area contributed by atoms with Crippen molar-refractivity contribution in [3.63, 3.8) is 0 Å². The Hall–Kier alpha value is -3.36. The fourth-order valence-corrected chi connectivity index (χ4v) is 3.06. The van der Waals surface area contributed by atoms with Gasteiger partial charge in [-0.3, -0.25) is 9.78 Å². The molecule has 2 aromatic carbocycles. The number of aryl methyl sites for hydroxylation is 2. The second-order valence-electron chi connectivity index (χ2n) is 6.17. The molecule has 1 aromatic heterocycles. The summed E-state index contributed by atoms with van der Waals surface area (Å²) in [6.45, 7) is 3.85. The van der Waals surface area contributed by atoms with Crippen LogP contribution in [-0.4, -0.2) is 10.9 Å². The highest BCUT2D eigenvalue weighted by Crippen LogP contribution is 2.28. The second kappa shape index (κ2) is 7.90. The molecule has 0 fully saturated rings. The van der Waals surface area contributed by atoms with Crippen molar-refractivity contribution in [3.8, 4) is 6.07 Å². The van der Waals surface area contributed by atoms with E-state index in [1.54, 1.807) is 36.5 Å². The monoisotopic (exact) mass is 376 g/mol. The van der Waals surface area contributed by atoms with Gasteiger partial charge in [-0.05, 0) is 61.4 Å². The van der Waals surface area contributed by atoms with E-state index in [1.807, 2.05) is 26.0 Å². The van der Waals surface area contributed by atoms with Crippen molar-refractivity contribution in [2.24, 2.45) is 0 Å². The number of hydrogen-bond acceptors (Lipinski definition) is 4. The third-order valence-corrected chi connectivity index (χ3v) is 4.27. The van der Waals surface area contributed by atoms with Crippen molar-refractivity contribution in [1.82, 2.24) is 4.98 Å². The maximum atomic E-state index is 12.6.